The van der Waals surface area contributed by atoms with Crippen molar-refractivity contribution in [2.75, 3.05) is 26.3 Å². The molecule has 14 heavy (non-hydrogen) atoms. The Kier molecular flexibility index (Phi) is 2.50. The predicted octanol–water partition coefficient (Wildman–Crippen LogP) is 1.90. The third-order valence-corrected chi connectivity index (χ3v) is 4.46. The maximum Gasteiger partial charge on any atom is 0.0480 e. The van der Waals surface area contributed by atoms with E-state index in [1.54, 1.807) is 0 Å². The molecule has 1 aliphatic carbocycles. The van der Waals surface area contributed by atoms with E-state index in [1.165, 1.54) is 45.2 Å². The molecule has 3 fully saturated rings. The van der Waals surface area contributed by atoms with Crippen LogP contribution in [0.15, 0.2) is 0 Å². The van der Waals surface area contributed by atoms with Crippen molar-refractivity contribution in [1.29, 1.82) is 0 Å². The van der Waals surface area contributed by atoms with Crippen LogP contribution in [0.4, 0.5) is 0 Å². The zero-order chi connectivity index (χ0) is 9.38. The Balaban J connectivity index is 1.59. The first-order valence-electron chi connectivity index (χ1n) is 6.25. The number of rotatable bonds is 1. The fourth-order valence-corrected chi connectivity index (χ4v) is 3.62. The van der Waals surface area contributed by atoms with Crippen molar-refractivity contribution < 1.29 is 4.74 Å². The van der Waals surface area contributed by atoms with Crippen molar-refractivity contribution in [2.45, 2.75) is 38.1 Å². The molecule has 2 nitrogen and oxygen atoms in total. The summed E-state index contributed by atoms with van der Waals surface area (Å²) < 4.78 is 5.43. The SMILES string of the molecule is C1C[C@@H]2CN(C3CCOCC3)C[C@@H]2C1. The summed E-state index contributed by atoms with van der Waals surface area (Å²) in [6.07, 6.45) is 7.06. The van der Waals surface area contributed by atoms with E-state index in [1.807, 2.05) is 0 Å². The summed E-state index contributed by atoms with van der Waals surface area (Å²) in [4.78, 5) is 2.76. The first-order chi connectivity index (χ1) is 6.93. The van der Waals surface area contributed by atoms with Gasteiger partial charge in [-0.2, -0.15) is 0 Å². The Hall–Kier alpha value is -0.0800. The maximum atomic E-state index is 5.43. The molecular formula is C12H21NO. The van der Waals surface area contributed by atoms with Crippen LogP contribution in [0.3, 0.4) is 0 Å². The van der Waals surface area contributed by atoms with Gasteiger partial charge in [-0.3, -0.25) is 4.90 Å². The van der Waals surface area contributed by atoms with Crippen molar-refractivity contribution in [3.8, 4) is 0 Å². The second-order valence-corrected chi connectivity index (χ2v) is 5.25. The first kappa shape index (κ1) is 9.17. The lowest BCUT2D eigenvalue weighted by Gasteiger charge is -2.31. The molecule has 0 aromatic rings. The summed E-state index contributed by atoms with van der Waals surface area (Å²) >= 11 is 0. The average Bonchev–Trinajstić information content (AvgIpc) is 2.78. The molecule has 0 aromatic carbocycles. The molecule has 2 heterocycles. The smallest absolute Gasteiger partial charge is 0.0480 e. The molecular weight excluding hydrogens is 174 g/mol. The quantitative estimate of drug-likeness (QED) is 0.633. The minimum atomic E-state index is 0.856. The van der Waals surface area contributed by atoms with Crippen LogP contribution in [-0.2, 0) is 4.74 Å². The highest BCUT2D eigenvalue weighted by Crippen LogP contribution is 2.39. The Morgan fingerprint density at radius 2 is 1.50 bits per heavy atom. The van der Waals surface area contributed by atoms with Gasteiger partial charge in [0.2, 0.25) is 0 Å². The second kappa shape index (κ2) is 3.82. The van der Waals surface area contributed by atoms with E-state index in [-0.39, 0.29) is 0 Å². The largest absolute Gasteiger partial charge is 0.381 e. The summed E-state index contributed by atoms with van der Waals surface area (Å²) in [5.41, 5.74) is 0. The highest BCUT2D eigenvalue weighted by Gasteiger charge is 2.38. The maximum absolute atomic E-state index is 5.43. The number of hydrogen-bond donors (Lipinski definition) is 0. The molecule has 0 radical (unpaired) electrons. The molecule has 2 saturated heterocycles. The molecule has 2 atom stereocenters. The van der Waals surface area contributed by atoms with Gasteiger partial charge in [-0.15, -0.1) is 0 Å². The lowest BCUT2D eigenvalue weighted by Crippen LogP contribution is -2.38. The van der Waals surface area contributed by atoms with Crippen LogP contribution < -0.4 is 0 Å². The Morgan fingerprint density at radius 1 is 0.857 bits per heavy atom. The average molecular weight is 195 g/mol. The van der Waals surface area contributed by atoms with Gasteiger partial charge in [-0.25, -0.2) is 0 Å². The number of ether oxygens (including phenoxy) is 1. The van der Waals surface area contributed by atoms with E-state index < -0.39 is 0 Å². The molecule has 0 amide bonds. The summed E-state index contributed by atoms with van der Waals surface area (Å²) in [5.74, 6) is 2.11. The highest BCUT2D eigenvalue weighted by atomic mass is 16.5. The van der Waals surface area contributed by atoms with Gasteiger partial charge < -0.3 is 4.74 Å². The lowest BCUT2D eigenvalue weighted by atomic mass is 10.0. The van der Waals surface area contributed by atoms with Crippen molar-refractivity contribution in [3.63, 3.8) is 0 Å². The predicted molar refractivity (Wildman–Crippen MR) is 56.2 cm³/mol. The van der Waals surface area contributed by atoms with Gasteiger partial charge in [0.15, 0.2) is 0 Å². The van der Waals surface area contributed by atoms with Gasteiger partial charge in [0.1, 0.15) is 0 Å². The van der Waals surface area contributed by atoms with Crippen molar-refractivity contribution in [2.24, 2.45) is 11.8 Å². The molecule has 0 spiro atoms. The highest BCUT2D eigenvalue weighted by molar-refractivity contribution is 4.91. The molecule has 0 aromatic heterocycles. The molecule has 0 bridgehead atoms. The fraction of sp³-hybridized carbons (Fsp3) is 1.00. The molecule has 1 saturated carbocycles. The number of fused-ring (bicyclic) bond motifs is 1. The molecule has 2 aliphatic heterocycles. The van der Waals surface area contributed by atoms with E-state index in [2.05, 4.69) is 4.90 Å². The number of nitrogens with zero attached hydrogens (tertiary/aromatic N) is 1. The monoisotopic (exact) mass is 195 g/mol. The van der Waals surface area contributed by atoms with Crippen LogP contribution in [0.2, 0.25) is 0 Å². The van der Waals surface area contributed by atoms with E-state index >= 15 is 0 Å². The molecule has 0 N–H and O–H groups in total. The zero-order valence-corrected chi connectivity index (χ0v) is 8.95. The standard InChI is InChI=1S/C12H21NO/c1-2-10-8-13(9-11(10)3-1)12-4-6-14-7-5-12/h10-12H,1-9H2/t10-,11+. The minimum absolute atomic E-state index is 0.856. The van der Waals surface area contributed by atoms with Gasteiger partial charge in [0, 0.05) is 32.3 Å². The summed E-state index contributed by atoms with van der Waals surface area (Å²) in [5, 5.41) is 0. The third kappa shape index (κ3) is 1.59. The van der Waals surface area contributed by atoms with Gasteiger partial charge in [-0.05, 0) is 37.5 Å². The Bertz CT molecular complexity index is 188. The fourth-order valence-electron chi connectivity index (χ4n) is 3.62. The van der Waals surface area contributed by atoms with Crippen LogP contribution in [0.5, 0.6) is 0 Å². The van der Waals surface area contributed by atoms with Gasteiger partial charge in [0.05, 0.1) is 0 Å². The summed E-state index contributed by atoms with van der Waals surface area (Å²) in [6.45, 7) is 4.79. The van der Waals surface area contributed by atoms with E-state index in [0.29, 0.717) is 0 Å². The van der Waals surface area contributed by atoms with Crippen LogP contribution in [0, 0.1) is 11.8 Å². The van der Waals surface area contributed by atoms with E-state index in [0.717, 1.165) is 31.1 Å². The number of likely N-dealkylation sites (tertiary alicyclic amines) is 1. The van der Waals surface area contributed by atoms with Gasteiger partial charge in [-0.1, -0.05) is 6.42 Å². The summed E-state index contributed by atoms with van der Waals surface area (Å²) in [7, 11) is 0. The Morgan fingerprint density at radius 3 is 2.14 bits per heavy atom. The minimum Gasteiger partial charge on any atom is -0.381 e. The van der Waals surface area contributed by atoms with Crippen molar-refractivity contribution in [1.82, 2.24) is 4.90 Å². The molecule has 3 aliphatic rings. The van der Waals surface area contributed by atoms with E-state index in [9.17, 15) is 0 Å². The van der Waals surface area contributed by atoms with Crippen LogP contribution >= 0.6 is 0 Å². The summed E-state index contributed by atoms with van der Waals surface area (Å²) in [6, 6.07) is 0.856. The lowest BCUT2D eigenvalue weighted by molar-refractivity contribution is 0.0397. The van der Waals surface area contributed by atoms with Crippen molar-refractivity contribution in [3.05, 3.63) is 0 Å². The first-order valence-corrected chi connectivity index (χ1v) is 6.25. The van der Waals surface area contributed by atoms with E-state index in [4.69, 9.17) is 4.74 Å². The van der Waals surface area contributed by atoms with Crippen LogP contribution in [-0.4, -0.2) is 37.2 Å². The van der Waals surface area contributed by atoms with Gasteiger partial charge in [0.25, 0.3) is 0 Å². The number of hydrogen-bond acceptors (Lipinski definition) is 2. The Labute approximate surface area is 86.6 Å². The zero-order valence-electron chi connectivity index (χ0n) is 8.95. The molecule has 3 rings (SSSR count). The van der Waals surface area contributed by atoms with Crippen LogP contribution in [0.25, 0.3) is 0 Å². The molecule has 80 valence electrons. The normalized spacial score (nSPS) is 40.3. The third-order valence-electron chi connectivity index (χ3n) is 4.46. The van der Waals surface area contributed by atoms with Crippen molar-refractivity contribution >= 4 is 0 Å². The topological polar surface area (TPSA) is 12.5 Å². The van der Waals surface area contributed by atoms with Crippen LogP contribution in [0.1, 0.15) is 32.1 Å². The molecule has 0 unspecified atom stereocenters. The molecule has 2 heteroatoms. The second-order valence-electron chi connectivity index (χ2n) is 5.25. The van der Waals surface area contributed by atoms with Gasteiger partial charge >= 0.3 is 0 Å².